The van der Waals surface area contributed by atoms with Gasteiger partial charge in [-0.15, -0.1) is 11.3 Å². The second-order valence-electron chi connectivity index (χ2n) is 4.14. The Balaban J connectivity index is 2.13. The molecule has 1 aromatic heterocycles. The minimum Gasteiger partial charge on any atom is -0.309 e. The second kappa shape index (κ2) is 6.96. The highest BCUT2D eigenvalue weighted by Gasteiger charge is 2.02. The van der Waals surface area contributed by atoms with Crippen molar-refractivity contribution < 1.29 is 0 Å². The van der Waals surface area contributed by atoms with Gasteiger partial charge in [0, 0.05) is 18.0 Å². The van der Waals surface area contributed by atoms with Gasteiger partial charge in [-0.1, -0.05) is 26.2 Å². The van der Waals surface area contributed by atoms with E-state index < -0.39 is 0 Å². The van der Waals surface area contributed by atoms with E-state index in [0.717, 1.165) is 11.6 Å². The predicted octanol–water partition coefficient (Wildman–Crippen LogP) is 3.51. The molecule has 0 amide bonds. The highest BCUT2D eigenvalue weighted by atomic mass is 32.1. The van der Waals surface area contributed by atoms with Crippen molar-refractivity contribution in [1.82, 2.24) is 10.3 Å². The fraction of sp³-hybridized carbons (Fsp3) is 0.750. The van der Waals surface area contributed by atoms with Crippen molar-refractivity contribution in [2.75, 3.05) is 0 Å². The topological polar surface area (TPSA) is 24.9 Å². The van der Waals surface area contributed by atoms with Gasteiger partial charge in [0.15, 0.2) is 0 Å². The number of nitrogens with one attached hydrogen (secondary N) is 1. The highest BCUT2D eigenvalue weighted by molar-refractivity contribution is 7.09. The molecule has 0 aliphatic heterocycles. The van der Waals surface area contributed by atoms with Crippen LogP contribution < -0.4 is 5.32 Å². The van der Waals surface area contributed by atoms with Crippen molar-refractivity contribution in [3.05, 3.63) is 16.1 Å². The summed E-state index contributed by atoms with van der Waals surface area (Å²) in [4.78, 5) is 4.44. The molecular formula is C12H22N2S. The highest BCUT2D eigenvalue weighted by Crippen LogP contribution is 2.08. The standard InChI is InChI=1S/C12H22N2S/c1-4-5-6-7-10(2)13-8-12-9-15-11(3)14-12/h9-10,13H,4-8H2,1-3H3. The van der Waals surface area contributed by atoms with Gasteiger partial charge in [0.1, 0.15) is 0 Å². The lowest BCUT2D eigenvalue weighted by molar-refractivity contribution is 0.484. The van der Waals surface area contributed by atoms with E-state index in [-0.39, 0.29) is 0 Å². The summed E-state index contributed by atoms with van der Waals surface area (Å²) in [6.07, 6.45) is 5.26. The van der Waals surface area contributed by atoms with Gasteiger partial charge in [-0.25, -0.2) is 4.98 Å². The number of thiazole rings is 1. The maximum atomic E-state index is 4.44. The second-order valence-corrected chi connectivity index (χ2v) is 5.20. The molecule has 0 aliphatic rings. The Morgan fingerprint density at radius 3 is 2.87 bits per heavy atom. The minimum atomic E-state index is 0.610. The molecule has 0 aliphatic carbocycles. The summed E-state index contributed by atoms with van der Waals surface area (Å²) in [6.45, 7) is 7.47. The summed E-state index contributed by atoms with van der Waals surface area (Å²) < 4.78 is 0. The molecule has 0 saturated carbocycles. The summed E-state index contributed by atoms with van der Waals surface area (Å²) in [5.74, 6) is 0. The molecule has 2 nitrogen and oxygen atoms in total. The smallest absolute Gasteiger partial charge is 0.0897 e. The maximum absolute atomic E-state index is 4.44. The zero-order valence-electron chi connectivity index (χ0n) is 10.0. The number of hydrogen-bond donors (Lipinski definition) is 1. The molecule has 0 bridgehead atoms. The van der Waals surface area contributed by atoms with Gasteiger partial charge < -0.3 is 5.32 Å². The average molecular weight is 226 g/mol. The number of unbranched alkanes of at least 4 members (excludes halogenated alkanes) is 2. The zero-order chi connectivity index (χ0) is 11.1. The van der Waals surface area contributed by atoms with Gasteiger partial charge in [0.25, 0.3) is 0 Å². The van der Waals surface area contributed by atoms with Gasteiger partial charge in [-0.3, -0.25) is 0 Å². The van der Waals surface area contributed by atoms with Crippen molar-refractivity contribution in [2.24, 2.45) is 0 Å². The third kappa shape index (κ3) is 5.28. The van der Waals surface area contributed by atoms with Crippen LogP contribution in [0.4, 0.5) is 0 Å². The SMILES string of the molecule is CCCCCC(C)NCc1csc(C)n1. The number of nitrogens with zero attached hydrogens (tertiary/aromatic N) is 1. The number of aromatic nitrogens is 1. The molecule has 1 aromatic rings. The van der Waals surface area contributed by atoms with Gasteiger partial charge in [-0.05, 0) is 20.3 Å². The monoisotopic (exact) mass is 226 g/mol. The van der Waals surface area contributed by atoms with Crippen LogP contribution >= 0.6 is 11.3 Å². The van der Waals surface area contributed by atoms with Crippen molar-refractivity contribution in [3.8, 4) is 0 Å². The largest absolute Gasteiger partial charge is 0.309 e. The number of aryl methyl sites for hydroxylation is 1. The lowest BCUT2D eigenvalue weighted by Gasteiger charge is -2.12. The molecule has 15 heavy (non-hydrogen) atoms. The van der Waals surface area contributed by atoms with Crippen molar-refractivity contribution in [2.45, 2.75) is 59.0 Å². The molecule has 1 unspecified atom stereocenters. The molecule has 1 heterocycles. The van der Waals surface area contributed by atoms with Crippen LogP contribution in [0.3, 0.4) is 0 Å². The van der Waals surface area contributed by atoms with E-state index in [1.165, 1.54) is 31.4 Å². The van der Waals surface area contributed by atoms with Crippen LogP contribution in [0.5, 0.6) is 0 Å². The lowest BCUT2D eigenvalue weighted by atomic mass is 10.1. The van der Waals surface area contributed by atoms with E-state index in [4.69, 9.17) is 0 Å². The van der Waals surface area contributed by atoms with E-state index in [1.807, 2.05) is 0 Å². The summed E-state index contributed by atoms with van der Waals surface area (Å²) in [6, 6.07) is 0.610. The molecule has 0 fully saturated rings. The Morgan fingerprint density at radius 2 is 2.27 bits per heavy atom. The van der Waals surface area contributed by atoms with Crippen LogP contribution in [0, 0.1) is 6.92 Å². The van der Waals surface area contributed by atoms with E-state index in [0.29, 0.717) is 6.04 Å². The molecule has 3 heteroatoms. The molecule has 1 atom stereocenters. The first-order valence-electron chi connectivity index (χ1n) is 5.86. The lowest BCUT2D eigenvalue weighted by Crippen LogP contribution is -2.25. The fourth-order valence-electron chi connectivity index (χ4n) is 1.57. The molecule has 1 N–H and O–H groups in total. The Bertz CT molecular complexity index is 270. The third-order valence-electron chi connectivity index (χ3n) is 2.54. The van der Waals surface area contributed by atoms with Gasteiger partial charge in [-0.2, -0.15) is 0 Å². The zero-order valence-corrected chi connectivity index (χ0v) is 10.9. The van der Waals surface area contributed by atoms with Crippen LogP contribution in [0.15, 0.2) is 5.38 Å². The fourth-order valence-corrected chi connectivity index (χ4v) is 2.18. The van der Waals surface area contributed by atoms with Crippen LogP contribution in [0.25, 0.3) is 0 Å². The Kier molecular flexibility index (Phi) is 5.88. The first-order valence-corrected chi connectivity index (χ1v) is 6.74. The quantitative estimate of drug-likeness (QED) is 0.720. The molecule has 0 spiro atoms. The summed E-state index contributed by atoms with van der Waals surface area (Å²) in [5, 5.41) is 6.81. The minimum absolute atomic E-state index is 0.610. The Morgan fingerprint density at radius 1 is 1.47 bits per heavy atom. The van der Waals surface area contributed by atoms with Gasteiger partial charge >= 0.3 is 0 Å². The molecule has 86 valence electrons. The van der Waals surface area contributed by atoms with Crippen LogP contribution in [-0.2, 0) is 6.54 Å². The Labute approximate surface area is 97.1 Å². The van der Waals surface area contributed by atoms with Crippen molar-refractivity contribution in [3.63, 3.8) is 0 Å². The molecular weight excluding hydrogens is 204 g/mol. The molecule has 1 rings (SSSR count). The summed E-state index contributed by atoms with van der Waals surface area (Å²) >= 11 is 1.73. The number of rotatable bonds is 7. The molecule has 0 radical (unpaired) electrons. The first-order chi connectivity index (χ1) is 7.22. The van der Waals surface area contributed by atoms with Crippen LogP contribution in [0.2, 0.25) is 0 Å². The van der Waals surface area contributed by atoms with E-state index >= 15 is 0 Å². The summed E-state index contributed by atoms with van der Waals surface area (Å²) in [5.41, 5.74) is 1.18. The van der Waals surface area contributed by atoms with Crippen molar-refractivity contribution >= 4 is 11.3 Å². The molecule has 0 saturated heterocycles. The predicted molar refractivity (Wildman–Crippen MR) is 67.3 cm³/mol. The van der Waals surface area contributed by atoms with E-state index in [1.54, 1.807) is 11.3 Å². The third-order valence-corrected chi connectivity index (χ3v) is 3.36. The Hall–Kier alpha value is -0.410. The number of hydrogen-bond acceptors (Lipinski definition) is 3. The summed E-state index contributed by atoms with van der Waals surface area (Å²) in [7, 11) is 0. The van der Waals surface area contributed by atoms with Crippen molar-refractivity contribution in [1.29, 1.82) is 0 Å². The van der Waals surface area contributed by atoms with Crippen LogP contribution in [-0.4, -0.2) is 11.0 Å². The first kappa shape index (κ1) is 12.7. The van der Waals surface area contributed by atoms with E-state index in [2.05, 4.69) is 36.5 Å². The van der Waals surface area contributed by atoms with Gasteiger partial charge in [0.05, 0.1) is 10.7 Å². The molecule has 0 aromatic carbocycles. The van der Waals surface area contributed by atoms with Gasteiger partial charge in [0.2, 0.25) is 0 Å². The van der Waals surface area contributed by atoms with E-state index in [9.17, 15) is 0 Å². The maximum Gasteiger partial charge on any atom is 0.0897 e. The normalized spacial score (nSPS) is 13.0. The average Bonchev–Trinajstić information content (AvgIpc) is 2.62. The van der Waals surface area contributed by atoms with Crippen LogP contribution in [0.1, 0.15) is 50.2 Å².